The molecule has 4 nitrogen and oxygen atoms in total. The van der Waals surface area contributed by atoms with Crippen molar-refractivity contribution in [2.45, 2.75) is 19.6 Å². The van der Waals surface area contributed by atoms with Crippen LogP contribution >= 0.6 is 0 Å². The zero-order valence-corrected chi connectivity index (χ0v) is 8.94. The summed E-state index contributed by atoms with van der Waals surface area (Å²) in [6, 6.07) is 1.64. The van der Waals surface area contributed by atoms with E-state index < -0.39 is 12.7 Å². The fraction of sp³-hybridized carbons (Fsp3) is 0.300. The summed E-state index contributed by atoms with van der Waals surface area (Å²) in [5.41, 5.74) is 0.906. The van der Waals surface area contributed by atoms with Gasteiger partial charge in [0.1, 0.15) is 6.54 Å². The molecule has 0 spiro atoms. The predicted molar refractivity (Wildman–Crippen MR) is 54.0 cm³/mol. The molecule has 0 aliphatic heterocycles. The van der Waals surface area contributed by atoms with Crippen molar-refractivity contribution in [1.82, 2.24) is 19.7 Å². The van der Waals surface area contributed by atoms with E-state index in [1.165, 1.54) is 18.6 Å². The minimum atomic E-state index is -4.29. The molecule has 0 atom stereocenters. The normalized spacial score (nSPS) is 11.8. The van der Waals surface area contributed by atoms with Crippen LogP contribution in [-0.2, 0) is 6.54 Å². The minimum absolute atomic E-state index is 0.374. The van der Waals surface area contributed by atoms with Crippen LogP contribution < -0.4 is 0 Å². The van der Waals surface area contributed by atoms with Crippen LogP contribution in [0.1, 0.15) is 5.69 Å². The zero-order valence-electron chi connectivity index (χ0n) is 8.94. The molecule has 0 saturated heterocycles. The van der Waals surface area contributed by atoms with Crippen LogP contribution in [0.2, 0.25) is 0 Å². The summed E-state index contributed by atoms with van der Waals surface area (Å²) >= 11 is 0. The van der Waals surface area contributed by atoms with Crippen molar-refractivity contribution in [3.63, 3.8) is 0 Å². The molecule has 0 saturated carbocycles. The predicted octanol–water partition coefficient (Wildman–Crippen LogP) is 2.21. The van der Waals surface area contributed by atoms with Gasteiger partial charge in [0.2, 0.25) is 0 Å². The Morgan fingerprint density at radius 3 is 2.47 bits per heavy atom. The number of nitrogens with zero attached hydrogens (tertiary/aromatic N) is 4. The second-order valence-electron chi connectivity index (χ2n) is 3.49. The van der Waals surface area contributed by atoms with Crippen LogP contribution in [-0.4, -0.2) is 25.9 Å². The van der Waals surface area contributed by atoms with Crippen LogP contribution in [0.5, 0.6) is 0 Å². The number of aromatic nitrogens is 4. The Bertz CT molecular complexity index is 504. The van der Waals surface area contributed by atoms with E-state index in [4.69, 9.17) is 0 Å². The third-order valence-corrected chi connectivity index (χ3v) is 2.24. The van der Waals surface area contributed by atoms with Gasteiger partial charge in [-0.25, -0.2) is 9.97 Å². The summed E-state index contributed by atoms with van der Waals surface area (Å²) in [5, 5.41) is 3.69. The first-order valence-electron chi connectivity index (χ1n) is 4.84. The zero-order chi connectivity index (χ0) is 12.5. The number of alkyl halides is 3. The van der Waals surface area contributed by atoms with Gasteiger partial charge in [0.15, 0.2) is 5.82 Å². The van der Waals surface area contributed by atoms with Crippen molar-refractivity contribution in [1.29, 1.82) is 0 Å². The summed E-state index contributed by atoms with van der Waals surface area (Å²) in [5.74, 6) is 0.374. The first-order valence-corrected chi connectivity index (χ1v) is 4.84. The highest BCUT2D eigenvalue weighted by Gasteiger charge is 2.29. The molecule has 0 aliphatic carbocycles. The van der Waals surface area contributed by atoms with Crippen molar-refractivity contribution in [3.8, 4) is 11.4 Å². The fourth-order valence-corrected chi connectivity index (χ4v) is 1.43. The average molecular weight is 242 g/mol. The molecule has 0 radical (unpaired) electrons. The Kier molecular flexibility index (Phi) is 2.83. The summed E-state index contributed by atoms with van der Waals surface area (Å²) in [6.45, 7) is 0.454. The first kappa shape index (κ1) is 11.6. The SMILES string of the molecule is Cc1c(-c2ncccn2)cnn1CC(F)(F)F. The Morgan fingerprint density at radius 2 is 1.88 bits per heavy atom. The van der Waals surface area contributed by atoms with Gasteiger partial charge >= 0.3 is 6.18 Å². The monoisotopic (exact) mass is 242 g/mol. The van der Waals surface area contributed by atoms with Crippen LogP contribution in [0, 0.1) is 6.92 Å². The topological polar surface area (TPSA) is 43.6 Å². The van der Waals surface area contributed by atoms with Crippen molar-refractivity contribution in [3.05, 3.63) is 30.4 Å². The molecular formula is C10H9F3N4. The van der Waals surface area contributed by atoms with Crippen molar-refractivity contribution >= 4 is 0 Å². The molecule has 0 bridgehead atoms. The van der Waals surface area contributed by atoms with Gasteiger partial charge in [0.25, 0.3) is 0 Å². The molecule has 90 valence electrons. The van der Waals surface area contributed by atoms with Crippen molar-refractivity contribution < 1.29 is 13.2 Å². The lowest BCUT2D eigenvalue weighted by atomic mass is 10.2. The lowest BCUT2D eigenvalue weighted by Crippen LogP contribution is -2.19. The Balaban J connectivity index is 2.34. The second kappa shape index (κ2) is 4.15. The number of hydrogen-bond acceptors (Lipinski definition) is 3. The van der Waals surface area contributed by atoms with E-state index in [9.17, 15) is 13.2 Å². The smallest absolute Gasteiger partial charge is 0.260 e. The molecule has 2 rings (SSSR count). The molecule has 17 heavy (non-hydrogen) atoms. The van der Waals surface area contributed by atoms with Crippen LogP contribution in [0.3, 0.4) is 0 Å². The average Bonchev–Trinajstić information content (AvgIpc) is 2.60. The van der Waals surface area contributed by atoms with Gasteiger partial charge < -0.3 is 0 Å². The number of rotatable bonds is 2. The van der Waals surface area contributed by atoms with Crippen LogP contribution in [0.4, 0.5) is 13.2 Å². The van der Waals surface area contributed by atoms with Gasteiger partial charge in [0.05, 0.1) is 11.8 Å². The molecule has 0 amide bonds. The van der Waals surface area contributed by atoms with E-state index in [0.717, 1.165) is 4.68 Å². The van der Waals surface area contributed by atoms with Crippen LogP contribution in [0.15, 0.2) is 24.7 Å². The van der Waals surface area contributed by atoms with Crippen molar-refractivity contribution in [2.75, 3.05) is 0 Å². The lowest BCUT2D eigenvalue weighted by molar-refractivity contribution is -0.142. The fourth-order valence-electron chi connectivity index (χ4n) is 1.43. The highest BCUT2D eigenvalue weighted by atomic mass is 19.4. The van der Waals surface area contributed by atoms with E-state index in [1.54, 1.807) is 13.0 Å². The first-order chi connectivity index (χ1) is 7.97. The maximum Gasteiger partial charge on any atom is 0.408 e. The minimum Gasteiger partial charge on any atom is -0.260 e. The third-order valence-electron chi connectivity index (χ3n) is 2.24. The Hall–Kier alpha value is -1.92. The molecular weight excluding hydrogens is 233 g/mol. The van der Waals surface area contributed by atoms with E-state index in [1.807, 2.05) is 0 Å². The van der Waals surface area contributed by atoms with E-state index in [0.29, 0.717) is 17.1 Å². The molecule has 0 aliphatic rings. The highest BCUT2D eigenvalue weighted by molar-refractivity contribution is 5.56. The Labute approximate surface area is 95.1 Å². The summed E-state index contributed by atoms with van der Waals surface area (Å²) < 4.78 is 37.6. The Morgan fingerprint density at radius 1 is 1.24 bits per heavy atom. The number of hydrogen-bond donors (Lipinski definition) is 0. The molecule has 2 aromatic rings. The van der Waals surface area contributed by atoms with Gasteiger partial charge in [-0.05, 0) is 13.0 Å². The lowest BCUT2D eigenvalue weighted by Gasteiger charge is -2.08. The molecule has 0 aromatic carbocycles. The van der Waals surface area contributed by atoms with Gasteiger partial charge in [-0.3, -0.25) is 4.68 Å². The quantitative estimate of drug-likeness (QED) is 0.810. The molecule has 0 fully saturated rings. The molecule has 0 N–H and O–H groups in total. The van der Waals surface area contributed by atoms with Crippen molar-refractivity contribution in [2.24, 2.45) is 0 Å². The van der Waals surface area contributed by atoms with E-state index in [2.05, 4.69) is 15.1 Å². The number of halogens is 3. The summed E-state index contributed by atoms with van der Waals surface area (Å²) in [4.78, 5) is 7.95. The highest BCUT2D eigenvalue weighted by Crippen LogP contribution is 2.22. The largest absolute Gasteiger partial charge is 0.408 e. The van der Waals surface area contributed by atoms with Gasteiger partial charge in [-0.15, -0.1) is 0 Å². The third kappa shape index (κ3) is 2.61. The van der Waals surface area contributed by atoms with Crippen LogP contribution in [0.25, 0.3) is 11.4 Å². The second-order valence-corrected chi connectivity index (χ2v) is 3.49. The molecule has 2 aromatic heterocycles. The summed E-state index contributed by atoms with van der Waals surface area (Å²) in [6.07, 6.45) is 0.119. The van der Waals surface area contributed by atoms with Gasteiger partial charge in [0, 0.05) is 18.1 Å². The van der Waals surface area contributed by atoms with E-state index >= 15 is 0 Å². The van der Waals surface area contributed by atoms with Gasteiger partial charge in [-0.2, -0.15) is 18.3 Å². The molecule has 2 heterocycles. The maximum atomic E-state index is 12.2. The molecule has 7 heteroatoms. The summed E-state index contributed by atoms with van der Waals surface area (Å²) in [7, 11) is 0. The standard InChI is InChI=1S/C10H9F3N4/c1-7-8(9-14-3-2-4-15-9)5-16-17(7)6-10(11,12)13/h2-5H,6H2,1H3. The van der Waals surface area contributed by atoms with E-state index in [-0.39, 0.29) is 0 Å². The maximum absolute atomic E-state index is 12.2. The molecule has 0 unspecified atom stereocenters. The van der Waals surface area contributed by atoms with Gasteiger partial charge in [-0.1, -0.05) is 0 Å².